The molecule has 0 aliphatic heterocycles. The summed E-state index contributed by atoms with van der Waals surface area (Å²) in [7, 11) is 1.72. The lowest BCUT2D eigenvalue weighted by Crippen LogP contribution is -2.18. The minimum absolute atomic E-state index is 0.305. The molecule has 0 aromatic carbocycles. The average molecular weight is 243 g/mol. The third-order valence-electron chi connectivity index (χ3n) is 2.50. The Morgan fingerprint density at radius 1 is 1.56 bits per heavy atom. The number of imidazole rings is 1. The van der Waals surface area contributed by atoms with E-state index in [0.717, 1.165) is 12.5 Å². The van der Waals surface area contributed by atoms with E-state index in [-0.39, 0.29) is 0 Å². The number of aromatic nitrogens is 2. The summed E-state index contributed by atoms with van der Waals surface area (Å²) in [5, 5.41) is 3.94. The van der Waals surface area contributed by atoms with Crippen LogP contribution in [-0.4, -0.2) is 41.3 Å². The van der Waals surface area contributed by atoms with Crippen LogP contribution in [0.4, 0.5) is 5.95 Å². The maximum absolute atomic E-state index is 5.15. The van der Waals surface area contributed by atoms with E-state index in [9.17, 15) is 0 Å². The van der Waals surface area contributed by atoms with Gasteiger partial charge in [0.15, 0.2) is 0 Å². The highest BCUT2D eigenvalue weighted by Gasteiger charge is 2.10. The summed E-state index contributed by atoms with van der Waals surface area (Å²) >= 11 is 1.85. The zero-order valence-corrected chi connectivity index (χ0v) is 11.3. The SMILES string of the molecule is COCC(C)n1ccnc1NCC(C)SC. The van der Waals surface area contributed by atoms with Crippen molar-refractivity contribution in [1.82, 2.24) is 9.55 Å². The van der Waals surface area contributed by atoms with Crippen molar-refractivity contribution in [2.75, 3.05) is 31.8 Å². The summed E-state index contributed by atoms with van der Waals surface area (Å²) in [6.07, 6.45) is 5.92. The van der Waals surface area contributed by atoms with Crippen molar-refractivity contribution in [2.45, 2.75) is 25.1 Å². The van der Waals surface area contributed by atoms with Crippen LogP contribution in [0.5, 0.6) is 0 Å². The fourth-order valence-corrected chi connectivity index (χ4v) is 1.70. The van der Waals surface area contributed by atoms with Crippen molar-refractivity contribution in [3.05, 3.63) is 12.4 Å². The molecule has 0 saturated heterocycles. The van der Waals surface area contributed by atoms with E-state index in [0.29, 0.717) is 17.9 Å². The molecule has 0 aliphatic rings. The summed E-state index contributed by atoms with van der Waals surface area (Å²) in [6.45, 7) is 5.94. The van der Waals surface area contributed by atoms with Gasteiger partial charge in [0.2, 0.25) is 5.95 Å². The molecular formula is C11H21N3OS. The number of hydrogen-bond donors (Lipinski definition) is 1. The highest BCUT2D eigenvalue weighted by Crippen LogP contribution is 2.14. The Kier molecular flexibility index (Phi) is 5.69. The molecule has 4 nitrogen and oxygen atoms in total. The Labute approximate surface area is 102 Å². The largest absolute Gasteiger partial charge is 0.383 e. The monoisotopic (exact) mass is 243 g/mol. The second-order valence-electron chi connectivity index (χ2n) is 3.89. The van der Waals surface area contributed by atoms with Gasteiger partial charge in [-0.3, -0.25) is 0 Å². The van der Waals surface area contributed by atoms with Crippen LogP contribution in [0.1, 0.15) is 19.9 Å². The second-order valence-corrected chi connectivity index (χ2v) is 5.17. The topological polar surface area (TPSA) is 39.1 Å². The van der Waals surface area contributed by atoms with Gasteiger partial charge < -0.3 is 14.6 Å². The maximum atomic E-state index is 5.15. The Balaban J connectivity index is 2.56. The van der Waals surface area contributed by atoms with Crippen molar-refractivity contribution < 1.29 is 4.74 Å². The number of nitrogens with one attached hydrogen (secondary N) is 1. The molecule has 1 N–H and O–H groups in total. The van der Waals surface area contributed by atoms with Gasteiger partial charge in [0, 0.05) is 31.3 Å². The third-order valence-corrected chi connectivity index (χ3v) is 3.47. The predicted molar refractivity (Wildman–Crippen MR) is 70.3 cm³/mol. The molecule has 0 amide bonds. The first-order valence-electron chi connectivity index (χ1n) is 5.47. The van der Waals surface area contributed by atoms with Gasteiger partial charge in [-0.2, -0.15) is 11.8 Å². The van der Waals surface area contributed by atoms with Gasteiger partial charge >= 0.3 is 0 Å². The first-order chi connectivity index (χ1) is 7.69. The molecule has 0 aliphatic carbocycles. The number of hydrogen-bond acceptors (Lipinski definition) is 4. The van der Waals surface area contributed by atoms with E-state index in [4.69, 9.17) is 4.74 Å². The molecule has 1 aromatic rings. The molecule has 1 heterocycles. The molecule has 0 saturated carbocycles. The molecule has 0 fully saturated rings. The van der Waals surface area contributed by atoms with E-state index in [1.165, 1.54) is 0 Å². The normalized spacial score (nSPS) is 14.8. The lowest BCUT2D eigenvalue weighted by molar-refractivity contribution is 0.163. The standard InChI is InChI=1S/C11H21N3OS/c1-9(8-15-3)14-6-5-12-11(14)13-7-10(2)16-4/h5-6,9-10H,7-8H2,1-4H3,(H,12,13). The molecule has 1 aromatic heterocycles. The minimum atomic E-state index is 0.305. The predicted octanol–water partition coefficient (Wildman–Crippen LogP) is 2.25. The molecule has 2 atom stereocenters. The van der Waals surface area contributed by atoms with Gasteiger partial charge in [0.1, 0.15) is 0 Å². The van der Waals surface area contributed by atoms with Crippen molar-refractivity contribution in [3.63, 3.8) is 0 Å². The van der Waals surface area contributed by atoms with Crippen LogP contribution >= 0.6 is 11.8 Å². The van der Waals surface area contributed by atoms with Gasteiger partial charge in [0.05, 0.1) is 12.6 Å². The van der Waals surface area contributed by atoms with Crippen LogP contribution < -0.4 is 5.32 Å². The average Bonchev–Trinajstić information content (AvgIpc) is 2.74. The molecular weight excluding hydrogens is 222 g/mol. The Morgan fingerprint density at radius 3 is 2.94 bits per heavy atom. The molecule has 0 spiro atoms. The fraction of sp³-hybridized carbons (Fsp3) is 0.727. The Hall–Kier alpha value is -0.680. The van der Waals surface area contributed by atoms with Crippen LogP contribution in [0.15, 0.2) is 12.4 Å². The number of thioether (sulfide) groups is 1. The van der Waals surface area contributed by atoms with Crippen LogP contribution in [0, 0.1) is 0 Å². The molecule has 1 rings (SSSR count). The second kappa shape index (κ2) is 6.81. The maximum Gasteiger partial charge on any atom is 0.203 e. The van der Waals surface area contributed by atoms with Gasteiger partial charge in [-0.05, 0) is 13.2 Å². The summed E-state index contributed by atoms with van der Waals surface area (Å²) < 4.78 is 7.26. The number of nitrogens with zero attached hydrogens (tertiary/aromatic N) is 2. The number of ether oxygens (including phenoxy) is 1. The Morgan fingerprint density at radius 2 is 2.31 bits per heavy atom. The Bertz CT molecular complexity index is 303. The summed E-state index contributed by atoms with van der Waals surface area (Å²) in [6, 6.07) is 0.305. The van der Waals surface area contributed by atoms with Crippen LogP contribution in [0.25, 0.3) is 0 Å². The fourth-order valence-electron chi connectivity index (χ4n) is 1.45. The molecule has 92 valence electrons. The van der Waals surface area contributed by atoms with Gasteiger partial charge in [-0.1, -0.05) is 6.92 Å². The summed E-state index contributed by atoms with van der Waals surface area (Å²) in [4.78, 5) is 4.31. The zero-order chi connectivity index (χ0) is 12.0. The van der Waals surface area contributed by atoms with Gasteiger partial charge in [0.25, 0.3) is 0 Å². The van der Waals surface area contributed by atoms with E-state index in [1.54, 1.807) is 7.11 Å². The first kappa shape index (κ1) is 13.4. The molecule has 0 radical (unpaired) electrons. The molecule has 2 unspecified atom stereocenters. The zero-order valence-electron chi connectivity index (χ0n) is 10.4. The van der Waals surface area contributed by atoms with Crippen molar-refractivity contribution >= 4 is 17.7 Å². The third kappa shape index (κ3) is 3.72. The first-order valence-corrected chi connectivity index (χ1v) is 6.76. The van der Waals surface area contributed by atoms with Gasteiger partial charge in [-0.25, -0.2) is 4.98 Å². The quantitative estimate of drug-likeness (QED) is 0.797. The van der Waals surface area contributed by atoms with E-state index in [1.807, 2.05) is 24.2 Å². The van der Waals surface area contributed by atoms with E-state index >= 15 is 0 Å². The summed E-state index contributed by atoms with van der Waals surface area (Å²) in [5.74, 6) is 0.922. The number of rotatable bonds is 7. The van der Waals surface area contributed by atoms with Gasteiger partial charge in [-0.15, -0.1) is 0 Å². The van der Waals surface area contributed by atoms with Crippen LogP contribution in [-0.2, 0) is 4.74 Å². The van der Waals surface area contributed by atoms with Crippen molar-refractivity contribution in [1.29, 1.82) is 0 Å². The lowest BCUT2D eigenvalue weighted by Gasteiger charge is -2.17. The van der Waals surface area contributed by atoms with Crippen LogP contribution in [0.3, 0.4) is 0 Å². The molecule has 16 heavy (non-hydrogen) atoms. The highest BCUT2D eigenvalue weighted by molar-refractivity contribution is 7.99. The van der Waals surface area contributed by atoms with E-state index < -0.39 is 0 Å². The van der Waals surface area contributed by atoms with Crippen molar-refractivity contribution in [2.24, 2.45) is 0 Å². The molecule has 5 heteroatoms. The number of methoxy groups -OCH3 is 1. The van der Waals surface area contributed by atoms with Crippen molar-refractivity contribution in [3.8, 4) is 0 Å². The van der Waals surface area contributed by atoms with E-state index in [2.05, 4.69) is 35.0 Å². The lowest BCUT2D eigenvalue weighted by atomic mass is 10.3. The summed E-state index contributed by atoms with van der Waals surface area (Å²) in [5.41, 5.74) is 0. The molecule has 0 bridgehead atoms. The number of anilines is 1. The smallest absolute Gasteiger partial charge is 0.203 e. The van der Waals surface area contributed by atoms with Crippen LogP contribution in [0.2, 0.25) is 0 Å². The minimum Gasteiger partial charge on any atom is -0.383 e. The highest BCUT2D eigenvalue weighted by atomic mass is 32.2.